The van der Waals surface area contributed by atoms with Crippen LogP contribution in [0.2, 0.25) is 0 Å². The summed E-state index contributed by atoms with van der Waals surface area (Å²) in [5.41, 5.74) is -0.223. The monoisotopic (exact) mass is 281 g/mol. The molecule has 0 aromatic carbocycles. The van der Waals surface area contributed by atoms with Crippen LogP contribution in [0, 0.1) is 10.1 Å². The Kier molecular flexibility index (Phi) is 3.61. The molecule has 0 amide bonds. The SMILES string of the molecule is O=C(O)c1csc(CNc2ncc([N+](=O)[O-])cn2)n1. The third-order valence-corrected chi connectivity index (χ3v) is 2.87. The van der Waals surface area contributed by atoms with Gasteiger partial charge in [0.05, 0.1) is 11.5 Å². The third-order valence-electron chi connectivity index (χ3n) is 2.02. The predicted molar refractivity (Wildman–Crippen MR) is 65.1 cm³/mol. The van der Waals surface area contributed by atoms with Gasteiger partial charge < -0.3 is 10.4 Å². The van der Waals surface area contributed by atoms with Crippen molar-refractivity contribution in [1.82, 2.24) is 15.0 Å². The quantitative estimate of drug-likeness (QED) is 0.616. The molecule has 0 fully saturated rings. The van der Waals surface area contributed by atoms with Crippen LogP contribution in [-0.4, -0.2) is 31.0 Å². The average molecular weight is 281 g/mol. The van der Waals surface area contributed by atoms with Gasteiger partial charge in [0, 0.05) is 5.38 Å². The first-order valence-electron chi connectivity index (χ1n) is 4.94. The van der Waals surface area contributed by atoms with Crippen LogP contribution in [-0.2, 0) is 6.54 Å². The first-order valence-corrected chi connectivity index (χ1v) is 5.82. The van der Waals surface area contributed by atoms with Crippen LogP contribution in [0.4, 0.5) is 11.6 Å². The summed E-state index contributed by atoms with van der Waals surface area (Å²) in [7, 11) is 0. The zero-order valence-corrected chi connectivity index (χ0v) is 10.1. The fraction of sp³-hybridized carbons (Fsp3) is 0.111. The van der Waals surface area contributed by atoms with Crippen molar-refractivity contribution >= 4 is 28.9 Å². The number of carboxylic acid groups (broad SMARTS) is 1. The zero-order valence-electron chi connectivity index (χ0n) is 9.31. The topological polar surface area (TPSA) is 131 Å². The van der Waals surface area contributed by atoms with Crippen LogP contribution in [0.25, 0.3) is 0 Å². The van der Waals surface area contributed by atoms with E-state index < -0.39 is 10.9 Å². The minimum Gasteiger partial charge on any atom is -0.476 e. The highest BCUT2D eigenvalue weighted by Gasteiger charge is 2.09. The summed E-state index contributed by atoms with van der Waals surface area (Å²) in [4.78, 5) is 31.8. The van der Waals surface area contributed by atoms with E-state index in [1.54, 1.807) is 0 Å². The number of nitrogens with one attached hydrogen (secondary N) is 1. The molecule has 0 saturated carbocycles. The maximum absolute atomic E-state index is 10.6. The zero-order chi connectivity index (χ0) is 13.8. The minimum absolute atomic E-state index is 0.0218. The summed E-state index contributed by atoms with van der Waals surface area (Å²) in [6, 6.07) is 0. The van der Waals surface area contributed by atoms with Gasteiger partial charge >= 0.3 is 11.7 Å². The number of aromatic carboxylic acids is 1. The predicted octanol–water partition coefficient (Wildman–Crippen LogP) is 1.15. The lowest BCUT2D eigenvalue weighted by molar-refractivity contribution is -0.385. The second-order valence-electron chi connectivity index (χ2n) is 3.31. The van der Waals surface area contributed by atoms with Crippen molar-refractivity contribution in [2.24, 2.45) is 0 Å². The molecule has 0 atom stereocenters. The summed E-state index contributed by atoms with van der Waals surface area (Å²) < 4.78 is 0. The molecule has 0 spiro atoms. The number of nitrogens with zero attached hydrogens (tertiary/aromatic N) is 4. The molecule has 10 heteroatoms. The highest BCUT2D eigenvalue weighted by atomic mass is 32.1. The van der Waals surface area contributed by atoms with Gasteiger partial charge in [-0.25, -0.2) is 19.7 Å². The van der Waals surface area contributed by atoms with E-state index in [1.165, 1.54) is 16.7 Å². The van der Waals surface area contributed by atoms with E-state index in [9.17, 15) is 14.9 Å². The molecule has 0 bridgehead atoms. The molecule has 0 unspecified atom stereocenters. The molecule has 98 valence electrons. The van der Waals surface area contributed by atoms with E-state index in [0.717, 1.165) is 12.4 Å². The lowest BCUT2D eigenvalue weighted by atomic mass is 10.5. The molecule has 19 heavy (non-hydrogen) atoms. The highest BCUT2D eigenvalue weighted by Crippen LogP contribution is 2.12. The molecule has 0 aliphatic carbocycles. The second kappa shape index (κ2) is 5.35. The van der Waals surface area contributed by atoms with Gasteiger partial charge in [-0.15, -0.1) is 11.3 Å². The Morgan fingerprint density at radius 3 is 2.68 bits per heavy atom. The third kappa shape index (κ3) is 3.19. The number of hydrogen-bond acceptors (Lipinski definition) is 8. The minimum atomic E-state index is -1.09. The van der Waals surface area contributed by atoms with Crippen LogP contribution in [0.3, 0.4) is 0 Å². The van der Waals surface area contributed by atoms with Crippen molar-refractivity contribution in [3.8, 4) is 0 Å². The first kappa shape index (κ1) is 12.8. The van der Waals surface area contributed by atoms with Crippen LogP contribution in [0.15, 0.2) is 17.8 Å². The van der Waals surface area contributed by atoms with Gasteiger partial charge in [-0.2, -0.15) is 0 Å². The van der Waals surface area contributed by atoms with Crippen LogP contribution < -0.4 is 5.32 Å². The number of thiazole rings is 1. The molecule has 0 saturated heterocycles. The van der Waals surface area contributed by atoms with Gasteiger partial charge in [-0.1, -0.05) is 0 Å². The van der Waals surface area contributed by atoms with Gasteiger partial charge in [0.2, 0.25) is 5.95 Å². The van der Waals surface area contributed by atoms with Crippen molar-refractivity contribution in [2.75, 3.05) is 5.32 Å². The molecule has 0 radical (unpaired) electrons. The Labute approximate surface area is 110 Å². The van der Waals surface area contributed by atoms with Gasteiger partial charge in [0.25, 0.3) is 0 Å². The van der Waals surface area contributed by atoms with E-state index >= 15 is 0 Å². The molecular weight excluding hydrogens is 274 g/mol. The first-order chi connectivity index (χ1) is 9.06. The maximum atomic E-state index is 10.6. The van der Waals surface area contributed by atoms with Gasteiger partial charge in [0.1, 0.15) is 17.4 Å². The molecule has 2 aromatic rings. The summed E-state index contributed by atoms with van der Waals surface area (Å²) in [6.45, 7) is 0.246. The molecule has 2 N–H and O–H groups in total. The second-order valence-corrected chi connectivity index (χ2v) is 4.25. The van der Waals surface area contributed by atoms with Crippen molar-refractivity contribution in [1.29, 1.82) is 0 Å². The van der Waals surface area contributed by atoms with Crippen LogP contribution >= 0.6 is 11.3 Å². The van der Waals surface area contributed by atoms with Crippen LogP contribution in [0.1, 0.15) is 15.5 Å². The van der Waals surface area contributed by atoms with Crippen molar-refractivity contribution in [3.05, 3.63) is 38.6 Å². The molecule has 0 aliphatic rings. The normalized spacial score (nSPS) is 10.1. The molecule has 2 aromatic heterocycles. The Bertz CT molecular complexity index is 611. The average Bonchev–Trinajstić information content (AvgIpc) is 2.86. The van der Waals surface area contributed by atoms with Gasteiger partial charge in [-0.05, 0) is 0 Å². The van der Waals surface area contributed by atoms with Crippen molar-refractivity contribution in [2.45, 2.75) is 6.54 Å². The van der Waals surface area contributed by atoms with E-state index in [-0.39, 0.29) is 23.9 Å². The largest absolute Gasteiger partial charge is 0.476 e. The molecule has 2 heterocycles. The Balaban J connectivity index is 1.97. The highest BCUT2D eigenvalue weighted by molar-refractivity contribution is 7.09. The fourth-order valence-corrected chi connectivity index (χ4v) is 1.86. The number of aromatic nitrogens is 3. The Morgan fingerprint density at radius 2 is 2.16 bits per heavy atom. The van der Waals surface area contributed by atoms with Crippen LogP contribution in [0.5, 0.6) is 0 Å². The molecule has 2 rings (SSSR count). The van der Waals surface area contributed by atoms with Gasteiger partial charge in [-0.3, -0.25) is 10.1 Å². The number of rotatable bonds is 5. The summed E-state index contributed by atoms with van der Waals surface area (Å²) in [5, 5.41) is 23.9. The van der Waals surface area contributed by atoms with E-state index in [0.29, 0.717) is 5.01 Å². The Hall–Kier alpha value is -2.62. The van der Waals surface area contributed by atoms with E-state index in [4.69, 9.17) is 5.11 Å². The van der Waals surface area contributed by atoms with E-state index in [1.807, 2.05) is 0 Å². The maximum Gasteiger partial charge on any atom is 0.355 e. The van der Waals surface area contributed by atoms with Crippen molar-refractivity contribution < 1.29 is 14.8 Å². The van der Waals surface area contributed by atoms with Gasteiger partial charge in [0.15, 0.2) is 5.69 Å². The standard InChI is InChI=1S/C9H7N5O4S/c15-8(16)6-4-19-7(13-6)3-12-9-10-1-5(2-11-9)14(17)18/h1-2,4H,3H2,(H,15,16)(H,10,11,12). The number of hydrogen-bond donors (Lipinski definition) is 2. The molecule has 0 aliphatic heterocycles. The number of carbonyl (C=O) groups is 1. The summed E-state index contributed by atoms with van der Waals surface area (Å²) >= 11 is 1.19. The molecule has 9 nitrogen and oxygen atoms in total. The van der Waals surface area contributed by atoms with E-state index in [2.05, 4.69) is 20.3 Å². The number of anilines is 1. The lowest BCUT2D eigenvalue weighted by Gasteiger charge is -2.00. The van der Waals surface area contributed by atoms with Crippen molar-refractivity contribution in [3.63, 3.8) is 0 Å². The fourth-order valence-electron chi connectivity index (χ4n) is 1.15. The Morgan fingerprint density at radius 1 is 1.47 bits per heavy atom. The molecular formula is C9H7N5O4S. The summed E-state index contributed by atoms with van der Waals surface area (Å²) in [6.07, 6.45) is 2.17. The lowest BCUT2D eigenvalue weighted by Crippen LogP contribution is -2.04. The summed E-state index contributed by atoms with van der Waals surface area (Å²) in [5.74, 6) is -0.883. The number of carboxylic acids is 1. The number of nitro groups is 1. The smallest absolute Gasteiger partial charge is 0.355 e.